The van der Waals surface area contributed by atoms with Gasteiger partial charge in [0.25, 0.3) is 0 Å². The van der Waals surface area contributed by atoms with Crippen LogP contribution in [0, 0.1) is 0 Å². The number of hydrogen-bond acceptors (Lipinski definition) is 8. The second-order valence-corrected chi connectivity index (χ2v) is 15.3. The minimum atomic E-state index is -0.927. The Hall–Kier alpha value is -5.24. The Morgan fingerprint density at radius 1 is 0.417 bits per heavy atom. The van der Waals surface area contributed by atoms with Crippen molar-refractivity contribution in [3.05, 3.63) is 57.6 Å². The van der Waals surface area contributed by atoms with Gasteiger partial charge in [0.15, 0.2) is 23.0 Å². The van der Waals surface area contributed by atoms with E-state index in [1.54, 1.807) is 0 Å². The SMILES string of the molecule is CC(C)c1cc2c3c(cc4c(C(C)C)cc5c6c(cc1c3c46)-c1c(O)c(O)c(O)c(O)c1C5(C)C)-c1c(O)c(O)c(O)c(O)c1C2(C)C. The first-order chi connectivity index (χ1) is 22.3. The standard InChI is InChI=1S/C40H38O8/c1-13(2)15-11-21-23-20(28-29(39(21,5)6)33(43)37(47)36(46)32(28)42)10-18-16(14(3)4)12-22-24-19(9-17(15)25(23)26(18)24)27-30(40(22,7)8)34(44)38(48)35(45)31(27)41/h9-14,41-48H,1-8H3. The summed E-state index contributed by atoms with van der Waals surface area (Å²) in [6.45, 7) is 16.0. The van der Waals surface area contributed by atoms with Gasteiger partial charge in [-0.1, -0.05) is 67.5 Å². The molecule has 0 saturated carbocycles. The van der Waals surface area contributed by atoms with Crippen LogP contribution < -0.4 is 0 Å². The van der Waals surface area contributed by atoms with Gasteiger partial charge in [-0.05, 0) is 89.7 Å². The van der Waals surface area contributed by atoms with Crippen molar-refractivity contribution in [2.75, 3.05) is 0 Å². The molecule has 0 amide bonds. The molecule has 0 bridgehead atoms. The van der Waals surface area contributed by atoms with E-state index in [0.717, 1.165) is 54.6 Å². The third kappa shape index (κ3) is 3.16. The maximum absolute atomic E-state index is 11.5. The first-order valence-corrected chi connectivity index (χ1v) is 16.2. The first kappa shape index (κ1) is 30.1. The van der Waals surface area contributed by atoms with Crippen molar-refractivity contribution >= 4 is 32.3 Å². The fraction of sp³-hybridized carbons (Fsp3) is 0.300. The second kappa shape index (κ2) is 8.81. The Kier molecular flexibility index (Phi) is 5.53. The highest BCUT2D eigenvalue weighted by Gasteiger charge is 2.45. The third-order valence-electron chi connectivity index (χ3n) is 11.3. The lowest BCUT2D eigenvalue weighted by molar-refractivity contribution is 0.340. The van der Waals surface area contributed by atoms with Gasteiger partial charge in [0.2, 0.25) is 23.0 Å². The molecule has 246 valence electrons. The van der Waals surface area contributed by atoms with Crippen molar-refractivity contribution in [3.63, 3.8) is 0 Å². The van der Waals surface area contributed by atoms with Crippen LogP contribution in [0.2, 0.25) is 0 Å². The second-order valence-electron chi connectivity index (χ2n) is 15.3. The Morgan fingerprint density at radius 3 is 1.04 bits per heavy atom. The van der Waals surface area contributed by atoms with Crippen molar-refractivity contribution in [3.8, 4) is 68.2 Å². The molecule has 48 heavy (non-hydrogen) atoms. The van der Waals surface area contributed by atoms with E-state index in [1.165, 1.54) is 0 Å². The topological polar surface area (TPSA) is 162 Å². The molecular weight excluding hydrogens is 608 g/mol. The lowest BCUT2D eigenvalue weighted by atomic mass is 9.63. The zero-order chi connectivity index (χ0) is 34.8. The van der Waals surface area contributed by atoms with Gasteiger partial charge in [0, 0.05) is 33.1 Å². The van der Waals surface area contributed by atoms with Crippen LogP contribution in [0.25, 0.3) is 54.6 Å². The fourth-order valence-electron chi connectivity index (χ4n) is 9.00. The highest BCUT2D eigenvalue weighted by atomic mass is 16.4. The van der Waals surface area contributed by atoms with Crippen molar-refractivity contribution < 1.29 is 40.9 Å². The van der Waals surface area contributed by atoms with Gasteiger partial charge in [-0.3, -0.25) is 0 Å². The third-order valence-corrected chi connectivity index (χ3v) is 11.3. The van der Waals surface area contributed by atoms with Gasteiger partial charge >= 0.3 is 0 Å². The largest absolute Gasteiger partial charge is 0.504 e. The summed E-state index contributed by atoms with van der Waals surface area (Å²) >= 11 is 0. The van der Waals surface area contributed by atoms with Crippen molar-refractivity contribution in [1.29, 1.82) is 0 Å². The van der Waals surface area contributed by atoms with Crippen molar-refractivity contribution in [2.24, 2.45) is 0 Å². The lowest BCUT2D eigenvalue weighted by Gasteiger charge is -2.40. The number of fused-ring (bicyclic) bond motifs is 4. The average molecular weight is 647 g/mol. The zero-order valence-corrected chi connectivity index (χ0v) is 28.0. The molecule has 8 nitrogen and oxygen atoms in total. The molecule has 6 aromatic rings. The Bertz CT molecular complexity index is 2310. The van der Waals surface area contributed by atoms with E-state index in [4.69, 9.17) is 0 Å². The number of hydrogen-bond donors (Lipinski definition) is 8. The molecule has 0 spiro atoms. The fourth-order valence-corrected chi connectivity index (χ4v) is 9.00. The molecular formula is C40H38O8. The summed E-state index contributed by atoms with van der Waals surface area (Å²) in [6.07, 6.45) is 0. The maximum atomic E-state index is 11.5. The van der Waals surface area contributed by atoms with Crippen LogP contribution in [0.1, 0.15) is 101 Å². The van der Waals surface area contributed by atoms with Crippen LogP contribution in [-0.4, -0.2) is 40.9 Å². The molecule has 0 aromatic heterocycles. The summed E-state index contributed by atoms with van der Waals surface area (Å²) in [5, 5.41) is 93.9. The number of phenols is 8. The molecule has 0 aliphatic heterocycles. The van der Waals surface area contributed by atoms with Crippen molar-refractivity contribution in [2.45, 2.75) is 78.1 Å². The summed E-state index contributed by atoms with van der Waals surface area (Å²) in [5.74, 6) is -5.13. The van der Waals surface area contributed by atoms with Crippen molar-refractivity contribution in [1.82, 2.24) is 0 Å². The Balaban J connectivity index is 1.74. The number of aromatic hydroxyl groups is 8. The van der Waals surface area contributed by atoms with Crippen LogP contribution in [0.3, 0.4) is 0 Å². The predicted octanol–water partition coefficient (Wildman–Crippen LogP) is 9.09. The van der Waals surface area contributed by atoms with Crippen LogP contribution in [-0.2, 0) is 10.8 Å². The molecule has 0 fully saturated rings. The van der Waals surface area contributed by atoms with Gasteiger partial charge < -0.3 is 40.9 Å². The molecule has 0 atom stereocenters. The molecule has 2 aliphatic carbocycles. The number of rotatable bonds is 2. The van der Waals surface area contributed by atoms with Gasteiger partial charge in [-0.15, -0.1) is 0 Å². The molecule has 0 radical (unpaired) electrons. The molecule has 8 N–H and O–H groups in total. The smallest absolute Gasteiger partial charge is 0.204 e. The van der Waals surface area contributed by atoms with E-state index in [-0.39, 0.29) is 23.0 Å². The Labute approximate surface area is 276 Å². The zero-order valence-electron chi connectivity index (χ0n) is 28.0. The predicted molar refractivity (Wildman–Crippen MR) is 187 cm³/mol. The molecule has 8 rings (SSSR count). The maximum Gasteiger partial charge on any atom is 0.204 e. The molecule has 0 heterocycles. The highest BCUT2D eigenvalue weighted by Crippen LogP contribution is 2.65. The van der Waals surface area contributed by atoms with E-state index < -0.39 is 56.8 Å². The quantitative estimate of drug-likeness (QED) is 0.0525. The van der Waals surface area contributed by atoms with E-state index in [1.807, 2.05) is 39.8 Å². The van der Waals surface area contributed by atoms with Crippen LogP contribution >= 0.6 is 0 Å². The molecule has 6 aromatic carbocycles. The molecule has 0 saturated heterocycles. The summed E-state index contributed by atoms with van der Waals surface area (Å²) < 4.78 is 0. The van der Waals surface area contributed by atoms with Gasteiger partial charge in [-0.25, -0.2) is 0 Å². The molecule has 2 aliphatic rings. The van der Waals surface area contributed by atoms with Crippen LogP contribution in [0.15, 0.2) is 24.3 Å². The number of phenolic OH excluding ortho intramolecular Hbond substituents is 8. The first-order valence-electron chi connectivity index (χ1n) is 16.2. The highest BCUT2D eigenvalue weighted by molar-refractivity contribution is 6.33. The number of benzene rings is 6. The van der Waals surface area contributed by atoms with E-state index in [0.29, 0.717) is 22.3 Å². The summed E-state index contributed by atoms with van der Waals surface area (Å²) in [6, 6.07) is 8.15. The minimum absolute atomic E-state index is 0.00708. The van der Waals surface area contributed by atoms with E-state index >= 15 is 0 Å². The van der Waals surface area contributed by atoms with E-state index in [9.17, 15) is 40.9 Å². The summed E-state index contributed by atoms with van der Waals surface area (Å²) in [7, 11) is 0. The van der Waals surface area contributed by atoms with Gasteiger partial charge in [0.05, 0.1) is 0 Å². The van der Waals surface area contributed by atoms with Crippen LogP contribution in [0.5, 0.6) is 46.0 Å². The summed E-state index contributed by atoms with van der Waals surface area (Å²) in [4.78, 5) is 0. The molecule has 8 heteroatoms. The monoisotopic (exact) mass is 646 g/mol. The van der Waals surface area contributed by atoms with Crippen LogP contribution in [0.4, 0.5) is 0 Å². The normalized spacial score (nSPS) is 15.6. The lowest BCUT2D eigenvalue weighted by Crippen LogP contribution is -2.26. The van der Waals surface area contributed by atoms with E-state index in [2.05, 4.69) is 39.8 Å². The van der Waals surface area contributed by atoms with Gasteiger partial charge in [0.1, 0.15) is 0 Å². The minimum Gasteiger partial charge on any atom is -0.504 e. The average Bonchev–Trinajstić information content (AvgIpc) is 3.02. The Morgan fingerprint density at radius 2 is 0.729 bits per heavy atom. The van der Waals surface area contributed by atoms with Gasteiger partial charge in [-0.2, -0.15) is 0 Å². The molecule has 0 unspecified atom stereocenters. The summed E-state index contributed by atoms with van der Waals surface area (Å²) in [5.41, 5.74) is 4.22.